The van der Waals surface area contributed by atoms with Gasteiger partial charge in [-0.05, 0) is 41.3 Å². The van der Waals surface area contributed by atoms with Crippen molar-refractivity contribution < 1.29 is 4.79 Å². The smallest absolute Gasteiger partial charge is 0.234 e. The van der Waals surface area contributed by atoms with Gasteiger partial charge in [0.25, 0.3) is 0 Å². The number of H-pyrrole nitrogens is 1. The van der Waals surface area contributed by atoms with E-state index < -0.39 is 5.66 Å². The van der Waals surface area contributed by atoms with E-state index in [1.54, 1.807) is 4.57 Å². The maximum absolute atomic E-state index is 13.2. The molecule has 0 spiro atoms. The minimum Gasteiger partial charge on any atom is -0.361 e. The number of carbonyl (C=O) groups is 1. The fourth-order valence-corrected chi connectivity index (χ4v) is 3.88. The average Bonchev–Trinajstić information content (AvgIpc) is 3.24. The first-order valence-corrected chi connectivity index (χ1v) is 10.4. The van der Waals surface area contributed by atoms with Gasteiger partial charge in [0, 0.05) is 43.9 Å². The molecule has 0 saturated carbocycles. The molecule has 31 heavy (non-hydrogen) atoms. The van der Waals surface area contributed by atoms with Crippen molar-refractivity contribution in [2.45, 2.75) is 37.9 Å². The Morgan fingerprint density at radius 3 is 2.87 bits per heavy atom. The second kappa shape index (κ2) is 7.73. The number of nitrogens with zero attached hydrogens (tertiary/aromatic N) is 4. The molecule has 3 heterocycles. The topological polar surface area (TPSA) is 87.4 Å². The summed E-state index contributed by atoms with van der Waals surface area (Å²) >= 11 is 0. The van der Waals surface area contributed by atoms with Gasteiger partial charge in [-0.3, -0.25) is 4.79 Å². The van der Waals surface area contributed by atoms with Crippen LogP contribution in [0.3, 0.4) is 0 Å². The average molecular weight is 410 g/mol. The zero-order valence-corrected chi connectivity index (χ0v) is 17.0. The Morgan fingerprint density at radius 2 is 2.03 bits per heavy atom. The first kappa shape index (κ1) is 19.1. The molecule has 7 nitrogen and oxygen atoms in total. The van der Waals surface area contributed by atoms with E-state index in [4.69, 9.17) is 6.42 Å². The highest BCUT2D eigenvalue weighted by Gasteiger charge is 2.39. The molecule has 0 unspecified atom stereocenters. The Kier molecular flexibility index (Phi) is 4.75. The first-order chi connectivity index (χ1) is 15.2. The van der Waals surface area contributed by atoms with Gasteiger partial charge in [0.2, 0.25) is 11.9 Å². The van der Waals surface area contributed by atoms with E-state index in [9.17, 15) is 4.79 Å². The number of carbonyl (C=O) groups excluding carboxylic acids is 1. The lowest BCUT2D eigenvalue weighted by molar-refractivity contribution is 0.0901. The number of terminal acetylenes is 1. The second-order valence-electron chi connectivity index (χ2n) is 7.79. The molecule has 154 valence electrons. The van der Waals surface area contributed by atoms with Gasteiger partial charge in [-0.15, -0.1) is 12.3 Å². The normalized spacial score (nSPS) is 14.0. The summed E-state index contributed by atoms with van der Waals surface area (Å²) in [6.07, 6.45) is 9.46. The van der Waals surface area contributed by atoms with Crippen LogP contribution in [0.1, 0.15) is 36.0 Å². The van der Waals surface area contributed by atoms with Crippen molar-refractivity contribution in [1.82, 2.24) is 14.5 Å². The molecule has 2 aromatic heterocycles. The second-order valence-corrected chi connectivity index (χ2v) is 7.79. The van der Waals surface area contributed by atoms with Crippen LogP contribution >= 0.6 is 0 Å². The van der Waals surface area contributed by atoms with Crippen LogP contribution < -0.4 is 5.32 Å². The van der Waals surface area contributed by atoms with Gasteiger partial charge in [-0.2, -0.15) is 10.2 Å². The lowest BCUT2D eigenvalue weighted by Gasteiger charge is -2.12. The Balaban J connectivity index is 1.36. The van der Waals surface area contributed by atoms with E-state index in [1.165, 1.54) is 0 Å². The van der Waals surface area contributed by atoms with Crippen LogP contribution in [0, 0.1) is 12.3 Å². The number of aromatic nitrogens is 3. The first-order valence-electron chi connectivity index (χ1n) is 10.4. The van der Waals surface area contributed by atoms with Crippen LogP contribution in [-0.4, -0.2) is 26.1 Å². The van der Waals surface area contributed by atoms with Crippen molar-refractivity contribution >= 4 is 33.8 Å². The molecule has 5 rings (SSSR count). The van der Waals surface area contributed by atoms with Gasteiger partial charge >= 0.3 is 0 Å². The Bertz CT molecular complexity index is 1330. The maximum atomic E-state index is 13.2. The summed E-state index contributed by atoms with van der Waals surface area (Å²) in [6, 6.07) is 15.9. The summed E-state index contributed by atoms with van der Waals surface area (Å²) < 4.78 is 1.67. The molecule has 0 radical (unpaired) electrons. The van der Waals surface area contributed by atoms with Crippen LogP contribution in [-0.2, 0) is 6.54 Å². The van der Waals surface area contributed by atoms with E-state index >= 15 is 0 Å². The zero-order valence-electron chi connectivity index (χ0n) is 17.0. The molecule has 0 fully saturated rings. The molecule has 2 aromatic carbocycles. The summed E-state index contributed by atoms with van der Waals surface area (Å²) in [5.41, 5.74) is 3.31. The number of para-hydroxylation sites is 2. The number of nitrogens with one attached hydrogen (secondary N) is 2. The van der Waals surface area contributed by atoms with Crippen LogP contribution in [0.4, 0.5) is 5.95 Å². The van der Waals surface area contributed by atoms with E-state index in [2.05, 4.69) is 49.6 Å². The third kappa shape index (κ3) is 3.80. The minimum atomic E-state index is -0.474. The number of fused-ring (bicyclic) bond motifs is 2. The van der Waals surface area contributed by atoms with Crippen molar-refractivity contribution in [3.8, 4) is 12.3 Å². The van der Waals surface area contributed by atoms with Crippen molar-refractivity contribution in [2.24, 2.45) is 10.2 Å². The van der Waals surface area contributed by atoms with Gasteiger partial charge in [-0.25, -0.2) is 9.55 Å². The highest BCUT2D eigenvalue weighted by molar-refractivity contribution is 5.94. The zero-order chi connectivity index (χ0) is 21.3. The number of imidazole rings is 1. The fraction of sp³-hybridized carbons (Fsp3) is 0.250. The Hall–Kier alpha value is -3.92. The van der Waals surface area contributed by atoms with Crippen molar-refractivity contribution in [1.29, 1.82) is 0 Å². The van der Waals surface area contributed by atoms with Crippen molar-refractivity contribution in [2.75, 3.05) is 5.32 Å². The van der Waals surface area contributed by atoms with E-state index in [1.807, 2.05) is 36.5 Å². The van der Waals surface area contributed by atoms with Crippen LogP contribution in [0.5, 0.6) is 0 Å². The molecule has 0 amide bonds. The molecule has 0 bridgehead atoms. The molecule has 1 aliphatic heterocycles. The standard InChI is InChI=1S/C24H22N6O/c1-2-3-12-24(28-29-24)13-10-22(31)30-21-7-5-4-6-20(21)27-23(30)26-16-17-8-9-19-18(15-17)11-14-25-19/h1,4-9,11,14-15,25H,3,10,12-13,16H2,(H,26,27). The highest BCUT2D eigenvalue weighted by Crippen LogP contribution is 2.38. The molecule has 4 aromatic rings. The quantitative estimate of drug-likeness (QED) is 0.395. The number of rotatable bonds is 8. The predicted octanol–water partition coefficient (Wildman–Crippen LogP) is 5.13. The summed E-state index contributed by atoms with van der Waals surface area (Å²) in [4.78, 5) is 21.1. The third-order valence-electron chi connectivity index (χ3n) is 5.67. The Labute approximate surface area is 179 Å². The fourth-order valence-electron chi connectivity index (χ4n) is 3.88. The molecule has 0 atom stereocenters. The van der Waals surface area contributed by atoms with E-state index in [0.29, 0.717) is 38.2 Å². The van der Waals surface area contributed by atoms with Gasteiger partial charge in [-0.1, -0.05) is 18.2 Å². The summed E-state index contributed by atoms with van der Waals surface area (Å²) in [5, 5.41) is 12.8. The predicted molar refractivity (Wildman–Crippen MR) is 121 cm³/mol. The molecule has 2 N–H and O–H groups in total. The Morgan fingerprint density at radius 1 is 1.16 bits per heavy atom. The number of hydrogen-bond acceptors (Lipinski definition) is 5. The minimum absolute atomic E-state index is 0.0327. The van der Waals surface area contributed by atoms with E-state index in [-0.39, 0.29) is 5.91 Å². The number of benzene rings is 2. The third-order valence-corrected chi connectivity index (χ3v) is 5.67. The van der Waals surface area contributed by atoms with Gasteiger partial charge in [0.15, 0.2) is 5.66 Å². The molecular weight excluding hydrogens is 388 g/mol. The van der Waals surface area contributed by atoms with E-state index in [0.717, 1.165) is 27.5 Å². The summed E-state index contributed by atoms with van der Waals surface area (Å²) in [7, 11) is 0. The molecular formula is C24H22N6O. The molecule has 0 saturated heterocycles. The van der Waals surface area contributed by atoms with Gasteiger partial charge < -0.3 is 10.3 Å². The van der Waals surface area contributed by atoms with Crippen molar-refractivity contribution in [3.05, 3.63) is 60.3 Å². The number of anilines is 1. The number of hydrogen-bond donors (Lipinski definition) is 2. The molecule has 1 aliphatic rings. The van der Waals surface area contributed by atoms with Crippen molar-refractivity contribution in [3.63, 3.8) is 0 Å². The SMILES string of the molecule is C#CCCC1(CCC(=O)n2c(NCc3ccc4[nH]ccc4c3)nc3ccccc32)N=N1. The summed E-state index contributed by atoms with van der Waals surface area (Å²) in [6.45, 7) is 0.564. The van der Waals surface area contributed by atoms with Gasteiger partial charge in [0.05, 0.1) is 11.0 Å². The van der Waals surface area contributed by atoms with Crippen LogP contribution in [0.15, 0.2) is 65.0 Å². The van der Waals surface area contributed by atoms with Gasteiger partial charge in [0.1, 0.15) is 0 Å². The summed E-state index contributed by atoms with van der Waals surface area (Å²) in [5.74, 6) is 3.13. The maximum Gasteiger partial charge on any atom is 0.234 e. The lowest BCUT2D eigenvalue weighted by atomic mass is 10.0. The molecule has 0 aliphatic carbocycles. The highest BCUT2D eigenvalue weighted by atomic mass is 16.2. The largest absolute Gasteiger partial charge is 0.361 e. The number of aromatic amines is 1. The lowest BCUT2D eigenvalue weighted by Crippen LogP contribution is -2.19. The monoisotopic (exact) mass is 410 g/mol. The molecule has 7 heteroatoms. The van der Waals surface area contributed by atoms with Crippen LogP contribution in [0.25, 0.3) is 21.9 Å². The van der Waals surface area contributed by atoms with Crippen LogP contribution in [0.2, 0.25) is 0 Å².